The normalized spacial score (nSPS) is 11.2. The lowest BCUT2D eigenvalue weighted by Crippen LogP contribution is -2.29. The van der Waals surface area contributed by atoms with E-state index in [1.165, 1.54) is 0 Å². The SMILES string of the molecule is Cc1nc2cnc3ccc(B(O)O)cc3c2o1. The minimum atomic E-state index is -1.50. The van der Waals surface area contributed by atoms with E-state index in [1.54, 1.807) is 31.3 Å². The smallest absolute Gasteiger partial charge is 0.440 e. The number of hydrogen-bond donors (Lipinski definition) is 2. The third kappa shape index (κ3) is 1.58. The Labute approximate surface area is 96.9 Å². The fraction of sp³-hybridized carbons (Fsp3) is 0.0909. The number of fused-ring (bicyclic) bond motifs is 3. The summed E-state index contributed by atoms with van der Waals surface area (Å²) in [6.07, 6.45) is 1.64. The first-order valence-electron chi connectivity index (χ1n) is 5.17. The van der Waals surface area contributed by atoms with E-state index in [0.717, 1.165) is 10.9 Å². The van der Waals surface area contributed by atoms with Gasteiger partial charge in [-0.2, -0.15) is 0 Å². The van der Waals surface area contributed by atoms with Gasteiger partial charge in [-0.1, -0.05) is 6.07 Å². The molecule has 0 bridgehead atoms. The van der Waals surface area contributed by atoms with E-state index in [9.17, 15) is 0 Å². The van der Waals surface area contributed by atoms with Gasteiger partial charge in [-0.15, -0.1) is 0 Å². The van der Waals surface area contributed by atoms with E-state index >= 15 is 0 Å². The second kappa shape index (κ2) is 3.54. The Morgan fingerprint density at radius 2 is 2.06 bits per heavy atom. The van der Waals surface area contributed by atoms with Gasteiger partial charge in [0.2, 0.25) is 0 Å². The van der Waals surface area contributed by atoms with Gasteiger partial charge in [0, 0.05) is 12.3 Å². The maximum Gasteiger partial charge on any atom is 0.488 e. The Balaban J connectivity index is 2.41. The lowest BCUT2D eigenvalue weighted by Gasteiger charge is -2.01. The zero-order valence-corrected chi connectivity index (χ0v) is 9.08. The van der Waals surface area contributed by atoms with Crippen LogP contribution in [-0.2, 0) is 0 Å². The molecule has 2 N–H and O–H groups in total. The number of oxazole rings is 1. The predicted molar refractivity (Wildman–Crippen MR) is 63.9 cm³/mol. The Hall–Kier alpha value is -1.92. The summed E-state index contributed by atoms with van der Waals surface area (Å²) in [4.78, 5) is 8.42. The molecular formula is C11H9BN2O3. The van der Waals surface area contributed by atoms with Crippen molar-refractivity contribution >= 4 is 34.6 Å². The summed E-state index contributed by atoms with van der Waals surface area (Å²) in [7, 11) is -1.50. The summed E-state index contributed by atoms with van der Waals surface area (Å²) in [5, 5.41) is 19.0. The van der Waals surface area contributed by atoms with E-state index in [-0.39, 0.29) is 0 Å². The molecule has 0 aliphatic rings. The maximum absolute atomic E-state index is 9.15. The molecule has 0 saturated carbocycles. The Kier molecular flexibility index (Phi) is 2.14. The van der Waals surface area contributed by atoms with Crippen molar-refractivity contribution in [2.75, 3.05) is 0 Å². The summed E-state index contributed by atoms with van der Waals surface area (Å²) in [5.74, 6) is 0.559. The van der Waals surface area contributed by atoms with Gasteiger partial charge < -0.3 is 14.5 Å². The summed E-state index contributed by atoms with van der Waals surface area (Å²) < 4.78 is 5.50. The molecule has 0 fully saturated rings. The van der Waals surface area contributed by atoms with E-state index in [0.29, 0.717) is 22.5 Å². The van der Waals surface area contributed by atoms with Gasteiger partial charge in [0.05, 0.1) is 11.7 Å². The zero-order valence-electron chi connectivity index (χ0n) is 9.08. The molecule has 84 valence electrons. The molecule has 0 aliphatic heterocycles. The second-order valence-electron chi connectivity index (χ2n) is 3.86. The molecule has 5 nitrogen and oxygen atoms in total. The number of benzene rings is 1. The van der Waals surface area contributed by atoms with Crippen molar-refractivity contribution in [3.05, 3.63) is 30.3 Å². The molecule has 0 spiro atoms. The first kappa shape index (κ1) is 10.3. The Morgan fingerprint density at radius 1 is 1.24 bits per heavy atom. The first-order valence-corrected chi connectivity index (χ1v) is 5.17. The molecule has 0 aliphatic carbocycles. The molecule has 0 amide bonds. The largest absolute Gasteiger partial charge is 0.488 e. The van der Waals surface area contributed by atoms with E-state index in [1.807, 2.05) is 0 Å². The molecular weight excluding hydrogens is 219 g/mol. The van der Waals surface area contributed by atoms with E-state index in [4.69, 9.17) is 14.5 Å². The Bertz CT molecular complexity index is 708. The van der Waals surface area contributed by atoms with Gasteiger partial charge in [0.1, 0.15) is 5.52 Å². The third-order valence-electron chi connectivity index (χ3n) is 2.65. The van der Waals surface area contributed by atoms with Crippen molar-refractivity contribution < 1.29 is 14.5 Å². The highest BCUT2D eigenvalue weighted by molar-refractivity contribution is 6.59. The first-order chi connectivity index (χ1) is 8.15. The van der Waals surface area contributed by atoms with Gasteiger partial charge in [-0.25, -0.2) is 4.98 Å². The van der Waals surface area contributed by atoms with Crippen LogP contribution in [0.3, 0.4) is 0 Å². The minimum absolute atomic E-state index is 0.404. The summed E-state index contributed by atoms with van der Waals surface area (Å²) in [6.45, 7) is 1.76. The second-order valence-corrected chi connectivity index (χ2v) is 3.86. The highest BCUT2D eigenvalue weighted by Crippen LogP contribution is 2.23. The van der Waals surface area contributed by atoms with Crippen LogP contribution in [-0.4, -0.2) is 27.1 Å². The number of aromatic nitrogens is 2. The molecule has 3 rings (SSSR count). The molecule has 0 saturated heterocycles. The fourth-order valence-electron chi connectivity index (χ4n) is 1.86. The van der Waals surface area contributed by atoms with Crippen LogP contribution < -0.4 is 5.46 Å². The van der Waals surface area contributed by atoms with Crippen molar-refractivity contribution in [1.29, 1.82) is 0 Å². The predicted octanol–water partition coefficient (Wildman–Crippen LogP) is 0.364. The van der Waals surface area contributed by atoms with Crippen LogP contribution in [0.4, 0.5) is 0 Å². The van der Waals surface area contributed by atoms with Gasteiger partial charge in [0.25, 0.3) is 0 Å². The average molecular weight is 228 g/mol. The van der Waals surface area contributed by atoms with Crippen LogP contribution in [0.15, 0.2) is 28.8 Å². The van der Waals surface area contributed by atoms with Crippen LogP contribution >= 0.6 is 0 Å². The molecule has 3 aromatic rings. The molecule has 2 heterocycles. The maximum atomic E-state index is 9.15. The highest BCUT2D eigenvalue weighted by atomic mass is 16.4. The summed E-state index contributed by atoms with van der Waals surface area (Å²) >= 11 is 0. The van der Waals surface area contributed by atoms with Crippen LogP contribution in [0.1, 0.15) is 5.89 Å². The van der Waals surface area contributed by atoms with E-state index in [2.05, 4.69) is 9.97 Å². The van der Waals surface area contributed by atoms with Gasteiger partial charge >= 0.3 is 7.12 Å². The van der Waals surface area contributed by atoms with Gasteiger partial charge in [-0.05, 0) is 17.6 Å². The number of aryl methyl sites for hydroxylation is 1. The molecule has 6 heteroatoms. The third-order valence-corrected chi connectivity index (χ3v) is 2.65. The van der Waals surface area contributed by atoms with Crippen LogP contribution in [0, 0.1) is 6.92 Å². The standard InChI is InChI=1S/C11H9BN2O3/c1-6-14-10-5-13-9-3-2-7(12(15)16)4-8(9)11(10)17-6/h2-5,15-16H,1H3. The molecule has 0 radical (unpaired) electrons. The lowest BCUT2D eigenvalue weighted by molar-refractivity contribution is 0.426. The molecule has 1 aromatic carbocycles. The summed E-state index contributed by atoms with van der Waals surface area (Å²) in [5.41, 5.74) is 2.42. The van der Waals surface area contributed by atoms with E-state index < -0.39 is 7.12 Å². The molecule has 17 heavy (non-hydrogen) atoms. The van der Waals surface area contributed by atoms with Crippen molar-refractivity contribution in [2.45, 2.75) is 6.92 Å². The van der Waals surface area contributed by atoms with Crippen molar-refractivity contribution in [2.24, 2.45) is 0 Å². The van der Waals surface area contributed by atoms with Gasteiger partial charge in [0.15, 0.2) is 11.5 Å². The minimum Gasteiger partial charge on any atom is -0.440 e. The molecule has 2 aromatic heterocycles. The van der Waals surface area contributed by atoms with Crippen molar-refractivity contribution in [3.8, 4) is 0 Å². The number of hydrogen-bond acceptors (Lipinski definition) is 5. The fourth-order valence-corrected chi connectivity index (χ4v) is 1.86. The zero-order chi connectivity index (χ0) is 12.0. The lowest BCUT2D eigenvalue weighted by atomic mass is 9.80. The number of rotatable bonds is 1. The highest BCUT2D eigenvalue weighted by Gasteiger charge is 2.14. The van der Waals surface area contributed by atoms with Crippen molar-refractivity contribution in [1.82, 2.24) is 9.97 Å². The van der Waals surface area contributed by atoms with Crippen molar-refractivity contribution in [3.63, 3.8) is 0 Å². The molecule has 0 atom stereocenters. The average Bonchev–Trinajstić information content (AvgIpc) is 2.69. The van der Waals surface area contributed by atoms with Gasteiger partial charge in [-0.3, -0.25) is 4.98 Å². The topological polar surface area (TPSA) is 79.4 Å². The monoisotopic (exact) mass is 228 g/mol. The number of pyridine rings is 1. The quantitative estimate of drug-likeness (QED) is 0.588. The molecule has 0 unspecified atom stereocenters. The van der Waals surface area contributed by atoms with Crippen LogP contribution in [0.2, 0.25) is 0 Å². The number of nitrogens with zero attached hydrogens (tertiary/aromatic N) is 2. The van der Waals surface area contributed by atoms with Crippen LogP contribution in [0.5, 0.6) is 0 Å². The Morgan fingerprint density at radius 3 is 2.82 bits per heavy atom. The van der Waals surface area contributed by atoms with Crippen LogP contribution in [0.25, 0.3) is 22.0 Å². The summed E-state index contributed by atoms with van der Waals surface area (Å²) in [6, 6.07) is 5.00.